The maximum absolute atomic E-state index is 10.7. The van der Waals surface area contributed by atoms with E-state index in [0.29, 0.717) is 17.9 Å². The predicted molar refractivity (Wildman–Crippen MR) is 54.1 cm³/mol. The molecule has 0 spiro atoms. The van der Waals surface area contributed by atoms with E-state index >= 15 is 0 Å². The van der Waals surface area contributed by atoms with Crippen LogP contribution in [0.5, 0.6) is 0 Å². The van der Waals surface area contributed by atoms with Gasteiger partial charge in [-0.3, -0.25) is 15.1 Å². The molecule has 0 saturated heterocycles. The third kappa shape index (κ3) is 1.96. The van der Waals surface area contributed by atoms with Crippen LogP contribution >= 0.6 is 0 Å². The first-order valence-electron chi connectivity index (χ1n) is 4.71. The van der Waals surface area contributed by atoms with Crippen LogP contribution in [0.15, 0.2) is 24.5 Å². The molecule has 0 atom stereocenters. The van der Waals surface area contributed by atoms with Gasteiger partial charge in [0, 0.05) is 6.20 Å². The molecule has 0 bridgehead atoms. The van der Waals surface area contributed by atoms with Crippen molar-refractivity contribution in [1.82, 2.24) is 4.98 Å². The van der Waals surface area contributed by atoms with E-state index in [1.807, 2.05) is 6.08 Å². The van der Waals surface area contributed by atoms with Crippen LogP contribution in [0.4, 0.5) is 5.69 Å². The van der Waals surface area contributed by atoms with Gasteiger partial charge in [-0.05, 0) is 25.0 Å². The number of hydrogen-bond acceptors (Lipinski definition) is 4. The molecule has 15 heavy (non-hydrogen) atoms. The Balaban J connectivity index is 2.42. The summed E-state index contributed by atoms with van der Waals surface area (Å²) >= 11 is 0. The lowest BCUT2D eigenvalue weighted by Gasteiger charge is -2.14. The Labute approximate surface area is 86.5 Å². The number of allylic oxidation sites excluding steroid dienone is 1. The van der Waals surface area contributed by atoms with Crippen molar-refractivity contribution >= 4 is 11.4 Å². The largest absolute Gasteiger partial charge is 0.493 e. The minimum atomic E-state index is -0.443. The molecule has 0 aliphatic carbocycles. The van der Waals surface area contributed by atoms with Crippen LogP contribution in [0.2, 0.25) is 0 Å². The van der Waals surface area contributed by atoms with Crippen molar-refractivity contribution in [2.24, 2.45) is 0 Å². The van der Waals surface area contributed by atoms with E-state index in [0.717, 1.165) is 12.8 Å². The van der Waals surface area contributed by atoms with Gasteiger partial charge in [-0.1, -0.05) is 0 Å². The van der Waals surface area contributed by atoms with Gasteiger partial charge in [0.25, 0.3) is 5.69 Å². The second kappa shape index (κ2) is 4.08. The van der Waals surface area contributed by atoms with E-state index in [1.165, 1.54) is 12.4 Å². The number of rotatable bonds is 2. The van der Waals surface area contributed by atoms with Crippen molar-refractivity contribution in [3.63, 3.8) is 0 Å². The number of hydrogen-bond donors (Lipinski definition) is 0. The number of pyridine rings is 1. The zero-order valence-electron chi connectivity index (χ0n) is 8.05. The third-order valence-electron chi connectivity index (χ3n) is 2.20. The molecule has 0 amide bonds. The highest BCUT2D eigenvalue weighted by atomic mass is 16.6. The molecule has 0 unspecified atom stereocenters. The summed E-state index contributed by atoms with van der Waals surface area (Å²) < 4.78 is 5.38. The van der Waals surface area contributed by atoms with Gasteiger partial charge in [0.05, 0.1) is 17.1 Å². The number of aromatic nitrogens is 1. The molecule has 0 saturated carbocycles. The Bertz CT molecular complexity index is 415. The van der Waals surface area contributed by atoms with E-state index in [9.17, 15) is 10.1 Å². The summed E-state index contributed by atoms with van der Waals surface area (Å²) in [6.45, 7) is 0.616. The van der Waals surface area contributed by atoms with Crippen molar-refractivity contribution in [2.75, 3.05) is 6.61 Å². The van der Waals surface area contributed by atoms with Gasteiger partial charge in [-0.2, -0.15) is 0 Å². The van der Waals surface area contributed by atoms with Crippen molar-refractivity contribution in [3.8, 4) is 0 Å². The highest BCUT2D eigenvalue weighted by molar-refractivity contribution is 5.67. The van der Waals surface area contributed by atoms with Crippen molar-refractivity contribution in [2.45, 2.75) is 12.8 Å². The fraction of sp³-hybridized carbons (Fsp3) is 0.300. The van der Waals surface area contributed by atoms with Crippen LogP contribution < -0.4 is 0 Å². The third-order valence-corrected chi connectivity index (χ3v) is 2.20. The first kappa shape index (κ1) is 9.64. The van der Waals surface area contributed by atoms with Gasteiger partial charge in [0.2, 0.25) is 0 Å². The summed E-state index contributed by atoms with van der Waals surface area (Å²) in [5, 5.41) is 10.7. The molecule has 1 aliphatic heterocycles. The Hall–Kier alpha value is -1.91. The molecule has 1 aromatic heterocycles. The van der Waals surface area contributed by atoms with E-state index in [-0.39, 0.29) is 5.69 Å². The standard InChI is InChI=1S/C10H10N2O3/c13-12(14)9-7-11-5-4-8(9)10-3-1-2-6-15-10/h3-5,7H,1-2,6H2. The number of nitro groups is 1. The Morgan fingerprint density at radius 2 is 2.40 bits per heavy atom. The second-order valence-corrected chi connectivity index (χ2v) is 3.21. The van der Waals surface area contributed by atoms with Gasteiger partial charge < -0.3 is 4.74 Å². The summed E-state index contributed by atoms with van der Waals surface area (Å²) in [4.78, 5) is 14.0. The molecule has 5 heteroatoms. The molecule has 0 fully saturated rings. The van der Waals surface area contributed by atoms with Crippen molar-refractivity contribution < 1.29 is 9.66 Å². The monoisotopic (exact) mass is 206 g/mol. The van der Waals surface area contributed by atoms with E-state index in [1.54, 1.807) is 6.07 Å². The Kier molecular flexibility index (Phi) is 2.62. The molecule has 5 nitrogen and oxygen atoms in total. The number of ether oxygens (including phenoxy) is 1. The Morgan fingerprint density at radius 3 is 3.07 bits per heavy atom. The molecule has 0 radical (unpaired) electrons. The van der Waals surface area contributed by atoms with Crippen molar-refractivity contribution in [1.29, 1.82) is 0 Å². The highest BCUT2D eigenvalue weighted by Crippen LogP contribution is 2.28. The van der Waals surface area contributed by atoms with Gasteiger partial charge in [0.15, 0.2) is 0 Å². The van der Waals surface area contributed by atoms with Crippen LogP contribution in [0.1, 0.15) is 18.4 Å². The van der Waals surface area contributed by atoms with Gasteiger partial charge in [-0.15, -0.1) is 0 Å². The molecule has 78 valence electrons. The predicted octanol–water partition coefficient (Wildman–Crippen LogP) is 2.14. The quantitative estimate of drug-likeness (QED) is 0.549. The summed E-state index contributed by atoms with van der Waals surface area (Å²) in [5.41, 5.74) is 0.500. The highest BCUT2D eigenvalue weighted by Gasteiger charge is 2.19. The first-order chi connectivity index (χ1) is 7.29. The minimum Gasteiger partial charge on any atom is -0.493 e. The summed E-state index contributed by atoms with van der Waals surface area (Å²) in [7, 11) is 0. The summed E-state index contributed by atoms with van der Waals surface area (Å²) in [6.07, 6.45) is 6.51. The fourth-order valence-corrected chi connectivity index (χ4v) is 1.49. The molecule has 0 aromatic carbocycles. The van der Waals surface area contributed by atoms with Crippen LogP contribution in [-0.2, 0) is 4.74 Å². The van der Waals surface area contributed by atoms with Gasteiger partial charge >= 0.3 is 0 Å². The van der Waals surface area contributed by atoms with E-state index in [2.05, 4.69) is 4.98 Å². The maximum Gasteiger partial charge on any atom is 0.298 e. The minimum absolute atomic E-state index is 0.00866. The van der Waals surface area contributed by atoms with Crippen LogP contribution in [-0.4, -0.2) is 16.5 Å². The number of nitrogens with zero attached hydrogens (tertiary/aromatic N) is 2. The zero-order chi connectivity index (χ0) is 10.7. The molecular formula is C10H10N2O3. The lowest BCUT2D eigenvalue weighted by molar-refractivity contribution is -0.385. The topological polar surface area (TPSA) is 65.3 Å². The normalized spacial score (nSPS) is 15.3. The average molecular weight is 206 g/mol. The molecule has 1 aromatic rings. The molecule has 2 rings (SSSR count). The molecule has 0 N–H and O–H groups in total. The van der Waals surface area contributed by atoms with Gasteiger partial charge in [-0.25, -0.2) is 0 Å². The lowest BCUT2D eigenvalue weighted by atomic mass is 10.1. The summed E-state index contributed by atoms with van der Waals surface area (Å²) in [5.74, 6) is 0.593. The van der Waals surface area contributed by atoms with E-state index < -0.39 is 4.92 Å². The smallest absolute Gasteiger partial charge is 0.298 e. The van der Waals surface area contributed by atoms with E-state index in [4.69, 9.17) is 4.74 Å². The zero-order valence-corrected chi connectivity index (χ0v) is 8.05. The second-order valence-electron chi connectivity index (χ2n) is 3.21. The fourth-order valence-electron chi connectivity index (χ4n) is 1.49. The molecular weight excluding hydrogens is 196 g/mol. The summed E-state index contributed by atoms with van der Waals surface area (Å²) in [6, 6.07) is 1.61. The first-order valence-corrected chi connectivity index (χ1v) is 4.71. The average Bonchev–Trinajstić information content (AvgIpc) is 2.30. The molecule has 1 aliphatic rings. The Morgan fingerprint density at radius 1 is 1.53 bits per heavy atom. The van der Waals surface area contributed by atoms with Crippen LogP contribution in [0.3, 0.4) is 0 Å². The van der Waals surface area contributed by atoms with Crippen LogP contribution in [0, 0.1) is 10.1 Å². The molecule has 2 heterocycles. The van der Waals surface area contributed by atoms with Gasteiger partial charge in [0.1, 0.15) is 12.0 Å². The lowest BCUT2D eigenvalue weighted by Crippen LogP contribution is -2.03. The maximum atomic E-state index is 10.7. The van der Waals surface area contributed by atoms with Crippen molar-refractivity contribution in [3.05, 3.63) is 40.2 Å². The SMILES string of the molecule is O=[N+]([O-])c1cnccc1C1=CCCCO1. The van der Waals surface area contributed by atoms with Crippen LogP contribution in [0.25, 0.3) is 5.76 Å².